The standard InChI is InChI=1S/C14H15N3O2/c1-10-7-8-19-14(10)13(18)12-9-15-16-17(12)11-5-3-2-4-6-11/h2-6,9-10,14H,7-8H2,1H3. The van der Waals surface area contributed by atoms with Gasteiger partial charge in [-0.05, 0) is 24.5 Å². The molecule has 5 nitrogen and oxygen atoms in total. The molecule has 3 rings (SSSR count). The van der Waals surface area contributed by atoms with Crippen LogP contribution in [0.1, 0.15) is 23.8 Å². The van der Waals surface area contributed by atoms with E-state index < -0.39 is 0 Å². The molecule has 2 heterocycles. The van der Waals surface area contributed by atoms with Crippen LogP contribution in [0.5, 0.6) is 0 Å². The summed E-state index contributed by atoms with van der Waals surface area (Å²) in [5, 5.41) is 7.85. The predicted octanol–water partition coefficient (Wildman–Crippen LogP) is 1.88. The Labute approximate surface area is 111 Å². The number of ether oxygens (including phenoxy) is 1. The Kier molecular flexibility index (Phi) is 3.13. The van der Waals surface area contributed by atoms with Crippen molar-refractivity contribution in [1.82, 2.24) is 15.0 Å². The number of aromatic nitrogens is 3. The third-order valence-corrected chi connectivity index (χ3v) is 3.45. The van der Waals surface area contributed by atoms with Crippen molar-refractivity contribution in [2.24, 2.45) is 5.92 Å². The van der Waals surface area contributed by atoms with Crippen LogP contribution in [0.15, 0.2) is 36.5 Å². The molecule has 0 aliphatic carbocycles. The molecule has 19 heavy (non-hydrogen) atoms. The van der Waals surface area contributed by atoms with Crippen molar-refractivity contribution in [2.75, 3.05) is 6.61 Å². The summed E-state index contributed by atoms with van der Waals surface area (Å²) in [6.07, 6.45) is 2.05. The Morgan fingerprint density at radius 1 is 1.37 bits per heavy atom. The highest BCUT2D eigenvalue weighted by molar-refractivity contribution is 5.98. The molecule has 0 N–H and O–H groups in total. The summed E-state index contributed by atoms with van der Waals surface area (Å²) in [5.41, 5.74) is 1.30. The second kappa shape index (κ2) is 4.93. The largest absolute Gasteiger partial charge is 0.370 e. The van der Waals surface area contributed by atoms with Gasteiger partial charge < -0.3 is 4.74 Å². The van der Waals surface area contributed by atoms with E-state index >= 15 is 0 Å². The van der Waals surface area contributed by atoms with E-state index in [1.807, 2.05) is 37.3 Å². The number of hydrogen-bond acceptors (Lipinski definition) is 4. The second-order valence-corrected chi connectivity index (χ2v) is 4.79. The smallest absolute Gasteiger partial charge is 0.211 e. The van der Waals surface area contributed by atoms with Crippen LogP contribution >= 0.6 is 0 Å². The maximum Gasteiger partial charge on any atom is 0.211 e. The lowest BCUT2D eigenvalue weighted by Crippen LogP contribution is -2.27. The highest BCUT2D eigenvalue weighted by atomic mass is 16.5. The van der Waals surface area contributed by atoms with Crippen molar-refractivity contribution >= 4 is 5.78 Å². The van der Waals surface area contributed by atoms with Crippen molar-refractivity contribution in [2.45, 2.75) is 19.4 Å². The Morgan fingerprint density at radius 3 is 2.84 bits per heavy atom. The highest BCUT2D eigenvalue weighted by Crippen LogP contribution is 2.24. The molecule has 1 aliphatic heterocycles. The van der Waals surface area contributed by atoms with Gasteiger partial charge >= 0.3 is 0 Å². The molecule has 0 spiro atoms. The van der Waals surface area contributed by atoms with Gasteiger partial charge in [-0.2, -0.15) is 0 Å². The number of para-hydroxylation sites is 1. The number of rotatable bonds is 3. The van der Waals surface area contributed by atoms with Crippen LogP contribution in [0.3, 0.4) is 0 Å². The summed E-state index contributed by atoms with van der Waals surface area (Å²) < 4.78 is 7.09. The summed E-state index contributed by atoms with van der Waals surface area (Å²) in [4.78, 5) is 12.5. The van der Waals surface area contributed by atoms with Gasteiger partial charge in [0.05, 0.1) is 11.9 Å². The summed E-state index contributed by atoms with van der Waals surface area (Å²) in [6, 6.07) is 9.51. The van der Waals surface area contributed by atoms with Crippen LogP contribution in [0.2, 0.25) is 0 Å². The monoisotopic (exact) mass is 257 g/mol. The zero-order chi connectivity index (χ0) is 13.2. The zero-order valence-corrected chi connectivity index (χ0v) is 10.7. The number of carbonyl (C=O) groups excluding carboxylic acids is 1. The van der Waals surface area contributed by atoms with Crippen LogP contribution in [-0.2, 0) is 4.74 Å². The number of Topliss-reactive ketones (excluding diaryl/α,β-unsaturated/α-hetero) is 1. The van der Waals surface area contributed by atoms with Crippen molar-refractivity contribution in [3.63, 3.8) is 0 Å². The van der Waals surface area contributed by atoms with Gasteiger partial charge in [-0.15, -0.1) is 5.10 Å². The topological polar surface area (TPSA) is 57.0 Å². The van der Waals surface area contributed by atoms with Gasteiger partial charge in [0.25, 0.3) is 0 Å². The number of nitrogens with zero attached hydrogens (tertiary/aromatic N) is 3. The van der Waals surface area contributed by atoms with E-state index in [0.717, 1.165) is 12.1 Å². The number of ketones is 1. The summed E-state index contributed by atoms with van der Waals surface area (Å²) >= 11 is 0. The van der Waals surface area contributed by atoms with E-state index in [9.17, 15) is 4.79 Å². The fraction of sp³-hybridized carbons (Fsp3) is 0.357. The number of carbonyl (C=O) groups is 1. The molecule has 1 aromatic carbocycles. The minimum Gasteiger partial charge on any atom is -0.370 e. The molecule has 0 saturated carbocycles. The fourth-order valence-corrected chi connectivity index (χ4v) is 2.34. The third-order valence-electron chi connectivity index (χ3n) is 3.45. The first-order valence-corrected chi connectivity index (χ1v) is 6.39. The van der Waals surface area contributed by atoms with Gasteiger partial charge in [-0.25, -0.2) is 4.68 Å². The molecular weight excluding hydrogens is 242 g/mol. The molecule has 1 saturated heterocycles. The summed E-state index contributed by atoms with van der Waals surface area (Å²) in [5.74, 6) is 0.200. The first kappa shape index (κ1) is 12.0. The molecule has 5 heteroatoms. The summed E-state index contributed by atoms with van der Waals surface area (Å²) in [7, 11) is 0. The molecule has 0 bridgehead atoms. The van der Waals surface area contributed by atoms with Gasteiger partial charge in [0.15, 0.2) is 0 Å². The van der Waals surface area contributed by atoms with Gasteiger partial charge in [0, 0.05) is 6.61 Å². The quantitative estimate of drug-likeness (QED) is 0.788. The van der Waals surface area contributed by atoms with Crippen molar-refractivity contribution in [1.29, 1.82) is 0 Å². The Morgan fingerprint density at radius 2 is 2.16 bits per heavy atom. The lowest BCUT2D eigenvalue weighted by Gasteiger charge is -2.13. The Hall–Kier alpha value is -2.01. The number of benzene rings is 1. The Bertz CT molecular complexity index is 579. The van der Waals surface area contributed by atoms with E-state index in [1.54, 1.807) is 4.68 Å². The van der Waals surface area contributed by atoms with Crippen LogP contribution in [-0.4, -0.2) is 33.5 Å². The van der Waals surface area contributed by atoms with E-state index in [-0.39, 0.29) is 17.8 Å². The Balaban J connectivity index is 1.94. The van der Waals surface area contributed by atoms with Crippen LogP contribution in [0.4, 0.5) is 0 Å². The average molecular weight is 257 g/mol. The molecule has 0 amide bonds. The molecule has 0 radical (unpaired) electrons. The molecule has 2 unspecified atom stereocenters. The molecule has 1 aliphatic rings. The zero-order valence-electron chi connectivity index (χ0n) is 10.7. The second-order valence-electron chi connectivity index (χ2n) is 4.79. The van der Waals surface area contributed by atoms with E-state index in [1.165, 1.54) is 6.20 Å². The lowest BCUT2D eigenvalue weighted by atomic mass is 9.99. The van der Waals surface area contributed by atoms with Crippen molar-refractivity contribution < 1.29 is 9.53 Å². The molecule has 2 aromatic rings. The van der Waals surface area contributed by atoms with E-state index in [2.05, 4.69) is 10.3 Å². The normalized spacial score (nSPS) is 22.6. The van der Waals surface area contributed by atoms with Crippen molar-refractivity contribution in [3.8, 4) is 5.69 Å². The molecule has 98 valence electrons. The maximum absolute atomic E-state index is 12.5. The predicted molar refractivity (Wildman–Crippen MR) is 69.2 cm³/mol. The minimum absolute atomic E-state index is 0.0427. The first-order valence-electron chi connectivity index (χ1n) is 6.39. The third kappa shape index (κ3) is 2.17. The van der Waals surface area contributed by atoms with Gasteiger partial charge in [0.2, 0.25) is 5.78 Å². The average Bonchev–Trinajstić information content (AvgIpc) is 3.07. The van der Waals surface area contributed by atoms with Crippen LogP contribution < -0.4 is 0 Å². The molecule has 1 fully saturated rings. The first-order chi connectivity index (χ1) is 9.27. The van der Waals surface area contributed by atoms with Crippen LogP contribution in [0, 0.1) is 5.92 Å². The van der Waals surface area contributed by atoms with E-state index in [0.29, 0.717) is 12.3 Å². The molecule has 2 atom stereocenters. The maximum atomic E-state index is 12.5. The lowest BCUT2D eigenvalue weighted by molar-refractivity contribution is 0.0571. The molecular formula is C14H15N3O2. The van der Waals surface area contributed by atoms with E-state index in [4.69, 9.17) is 4.74 Å². The van der Waals surface area contributed by atoms with Gasteiger partial charge in [-0.3, -0.25) is 4.79 Å². The minimum atomic E-state index is -0.374. The van der Waals surface area contributed by atoms with Crippen LogP contribution in [0.25, 0.3) is 5.69 Å². The van der Waals surface area contributed by atoms with Gasteiger partial charge in [0.1, 0.15) is 11.8 Å². The fourth-order valence-electron chi connectivity index (χ4n) is 2.34. The SMILES string of the molecule is CC1CCOC1C(=O)c1cnnn1-c1ccccc1. The molecule has 1 aromatic heterocycles. The van der Waals surface area contributed by atoms with Gasteiger partial charge in [-0.1, -0.05) is 30.3 Å². The number of hydrogen-bond donors (Lipinski definition) is 0. The van der Waals surface area contributed by atoms with Crippen molar-refractivity contribution in [3.05, 3.63) is 42.2 Å². The highest BCUT2D eigenvalue weighted by Gasteiger charge is 2.33. The summed E-state index contributed by atoms with van der Waals surface area (Å²) in [6.45, 7) is 2.68.